The Morgan fingerprint density at radius 1 is 1.21 bits per heavy atom. The molecule has 0 fully saturated rings. The van der Waals surface area contributed by atoms with E-state index in [1.807, 2.05) is 24.3 Å². The lowest BCUT2D eigenvalue weighted by atomic mass is 10.2. The standard InChI is InChI=1S/C13H11N5O/c1-8-14-6-9(7-15-8)16-13(19)12-10-4-2-3-5-11(10)17-18-12/h2-7H,1H3,(H,16,19)(H,17,18). The van der Waals surface area contributed by atoms with Crippen LogP contribution in [0.3, 0.4) is 0 Å². The van der Waals surface area contributed by atoms with Crippen molar-refractivity contribution in [2.75, 3.05) is 5.32 Å². The molecule has 0 spiro atoms. The zero-order chi connectivity index (χ0) is 13.2. The monoisotopic (exact) mass is 253 g/mol. The molecule has 3 rings (SSSR count). The van der Waals surface area contributed by atoms with E-state index in [4.69, 9.17) is 0 Å². The van der Waals surface area contributed by atoms with Gasteiger partial charge < -0.3 is 5.32 Å². The summed E-state index contributed by atoms with van der Waals surface area (Å²) in [7, 11) is 0. The Hall–Kier alpha value is -2.76. The fraction of sp³-hybridized carbons (Fsp3) is 0.0769. The predicted molar refractivity (Wildman–Crippen MR) is 70.8 cm³/mol. The first-order valence-electron chi connectivity index (χ1n) is 5.77. The lowest BCUT2D eigenvalue weighted by molar-refractivity contribution is 0.102. The number of H-pyrrole nitrogens is 1. The van der Waals surface area contributed by atoms with Crippen LogP contribution >= 0.6 is 0 Å². The lowest BCUT2D eigenvalue weighted by Gasteiger charge is -2.02. The Bertz CT molecular complexity index is 732. The van der Waals surface area contributed by atoms with Crippen LogP contribution < -0.4 is 5.32 Å². The van der Waals surface area contributed by atoms with Gasteiger partial charge in [0.25, 0.3) is 5.91 Å². The van der Waals surface area contributed by atoms with E-state index in [9.17, 15) is 4.79 Å². The highest BCUT2D eigenvalue weighted by Gasteiger charge is 2.13. The molecule has 0 radical (unpaired) electrons. The summed E-state index contributed by atoms with van der Waals surface area (Å²) >= 11 is 0. The van der Waals surface area contributed by atoms with E-state index in [0.717, 1.165) is 10.9 Å². The number of hydrogen-bond donors (Lipinski definition) is 2. The lowest BCUT2D eigenvalue weighted by Crippen LogP contribution is -2.13. The van der Waals surface area contributed by atoms with Gasteiger partial charge in [0.2, 0.25) is 0 Å². The first-order chi connectivity index (χ1) is 9.24. The molecule has 1 amide bonds. The van der Waals surface area contributed by atoms with E-state index < -0.39 is 0 Å². The van der Waals surface area contributed by atoms with E-state index in [2.05, 4.69) is 25.5 Å². The third-order valence-electron chi connectivity index (χ3n) is 2.72. The molecule has 3 aromatic rings. The van der Waals surface area contributed by atoms with Gasteiger partial charge in [0.15, 0.2) is 5.69 Å². The number of fused-ring (bicyclic) bond motifs is 1. The largest absolute Gasteiger partial charge is 0.318 e. The fourth-order valence-corrected chi connectivity index (χ4v) is 1.78. The molecular formula is C13H11N5O. The average Bonchev–Trinajstić information content (AvgIpc) is 2.85. The molecule has 0 aliphatic heterocycles. The van der Waals surface area contributed by atoms with Crippen LogP contribution in [-0.4, -0.2) is 26.1 Å². The maximum atomic E-state index is 12.1. The Morgan fingerprint density at radius 3 is 2.74 bits per heavy atom. The molecule has 0 aliphatic rings. The smallest absolute Gasteiger partial charge is 0.276 e. The highest BCUT2D eigenvalue weighted by Crippen LogP contribution is 2.16. The molecule has 94 valence electrons. The zero-order valence-corrected chi connectivity index (χ0v) is 10.2. The number of para-hydroxylation sites is 1. The van der Waals surface area contributed by atoms with Crippen LogP contribution in [0.15, 0.2) is 36.7 Å². The van der Waals surface area contributed by atoms with Crippen LogP contribution in [0.1, 0.15) is 16.3 Å². The number of aromatic amines is 1. The molecule has 0 aliphatic carbocycles. The van der Waals surface area contributed by atoms with Crippen LogP contribution in [0.5, 0.6) is 0 Å². The van der Waals surface area contributed by atoms with Crippen LogP contribution in [0.25, 0.3) is 10.9 Å². The van der Waals surface area contributed by atoms with Gasteiger partial charge in [-0.2, -0.15) is 5.10 Å². The second-order valence-electron chi connectivity index (χ2n) is 4.09. The van der Waals surface area contributed by atoms with Gasteiger partial charge in [-0.25, -0.2) is 9.97 Å². The quantitative estimate of drug-likeness (QED) is 0.730. The van der Waals surface area contributed by atoms with Crippen LogP contribution in [-0.2, 0) is 0 Å². The van der Waals surface area contributed by atoms with Crippen molar-refractivity contribution in [2.24, 2.45) is 0 Å². The van der Waals surface area contributed by atoms with Gasteiger partial charge in [0.1, 0.15) is 5.82 Å². The van der Waals surface area contributed by atoms with Crippen molar-refractivity contribution in [1.82, 2.24) is 20.2 Å². The maximum absolute atomic E-state index is 12.1. The van der Waals surface area contributed by atoms with Gasteiger partial charge in [-0.15, -0.1) is 0 Å². The molecule has 6 nitrogen and oxygen atoms in total. The molecule has 1 aromatic carbocycles. The summed E-state index contributed by atoms with van der Waals surface area (Å²) in [5, 5.41) is 10.4. The van der Waals surface area contributed by atoms with Gasteiger partial charge in [-0.1, -0.05) is 18.2 Å². The Kier molecular flexibility index (Phi) is 2.68. The Morgan fingerprint density at radius 2 is 1.95 bits per heavy atom. The van der Waals surface area contributed by atoms with E-state index in [0.29, 0.717) is 17.2 Å². The number of rotatable bonds is 2. The molecule has 2 N–H and O–H groups in total. The second-order valence-corrected chi connectivity index (χ2v) is 4.09. The van der Waals surface area contributed by atoms with Gasteiger partial charge in [0.05, 0.1) is 23.6 Å². The summed E-state index contributed by atoms with van der Waals surface area (Å²) in [5.41, 5.74) is 1.73. The Labute approximate surface area is 108 Å². The molecule has 0 bridgehead atoms. The number of amides is 1. The normalized spacial score (nSPS) is 10.6. The summed E-state index contributed by atoms with van der Waals surface area (Å²) in [6.07, 6.45) is 3.13. The summed E-state index contributed by atoms with van der Waals surface area (Å²) in [6.45, 7) is 1.78. The van der Waals surface area contributed by atoms with Crippen molar-refractivity contribution in [1.29, 1.82) is 0 Å². The summed E-state index contributed by atoms with van der Waals surface area (Å²) < 4.78 is 0. The number of nitrogens with zero attached hydrogens (tertiary/aromatic N) is 3. The number of aromatic nitrogens is 4. The third-order valence-corrected chi connectivity index (χ3v) is 2.72. The number of carbonyl (C=O) groups excluding carboxylic acids is 1. The first kappa shape index (κ1) is 11.3. The second kappa shape index (κ2) is 4.49. The number of nitrogens with one attached hydrogen (secondary N) is 2. The highest BCUT2D eigenvalue weighted by molar-refractivity contribution is 6.10. The minimum atomic E-state index is -0.287. The van der Waals surface area contributed by atoms with Gasteiger partial charge in [-0.3, -0.25) is 9.89 Å². The van der Waals surface area contributed by atoms with E-state index in [1.165, 1.54) is 0 Å². The number of anilines is 1. The molecule has 0 unspecified atom stereocenters. The van der Waals surface area contributed by atoms with Crippen molar-refractivity contribution in [3.05, 3.63) is 48.2 Å². The summed E-state index contributed by atoms with van der Waals surface area (Å²) in [4.78, 5) is 20.2. The van der Waals surface area contributed by atoms with E-state index in [1.54, 1.807) is 19.3 Å². The van der Waals surface area contributed by atoms with Crippen molar-refractivity contribution >= 4 is 22.5 Å². The van der Waals surface area contributed by atoms with Crippen molar-refractivity contribution in [3.8, 4) is 0 Å². The van der Waals surface area contributed by atoms with Crippen LogP contribution in [0.4, 0.5) is 5.69 Å². The van der Waals surface area contributed by atoms with Crippen molar-refractivity contribution in [2.45, 2.75) is 6.92 Å². The molecule has 2 aromatic heterocycles. The highest BCUT2D eigenvalue weighted by atomic mass is 16.1. The molecule has 6 heteroatoms. The average molecular weight is 253 g/mol. The fourth-order valence-electron chi connectivity index (χ4n) is 1.78. The van der Waals surface area contributed by atoms with E-state index >= 15 is 0 Å². The van der Waals surface area contributed by atoms with Crippen molar-refractivity contribution < 1.29 is 4.79 Å². The number of hydrogen-bond acceptors (Lipinski definition) is 4. The molecule has 2 heterocycles. The molecular weight excluding hydrogens is 242 g/mol. The molecule has 0 saturated carbocycles. The zero-order valence-electron chi connectivity index (χ0n) is 10.2. The summed E-state index contributed by atoms with van der Waals surface area (Å²) in [6, 6.07) is 7.47. The maximum Gasteiger partial charge on any atom is 0.276 e. The number of aryl methyl sites for hydroxylation is 1. The molecule has 0 saturated heterocycles. The summed E-state index contributed by atoms with van der Waals surface area (Å²) in [5.74, 6) is 0.369. The van der Waals surface area contributed by atoms with E-state index in [-0.39, 0.29) is 5.91 Å². The minimum Gasteiger partial charge on any atom is -0.318 e. The first-order valence-corrected chi connectivity index (χ1v) is 5.77. The Balaban J connectivity index is 1.90. The van der Waals surface area contributed by atoms with Gasteiger partial charge in [-0.05, 0) is 13.0 Å². The van der Waals surface area contributed by atoms with Crippen LogP contribution in [0.2, 0.25) is 0 Å². The predicted octanol–water partition coefficient (Wildman–Crippen LogP) is 1.91. The topological polar surface area (TPSA) is 83.6 Å². The third kappa shape index (κ3) is 2.15. The van der Waals surface area contributed by atoms with Crippen molar-refractivity contribution in [3.63, 3.8) is 0 Å². The number of carbonyl (C=O) groups is 1. The van der Waals surface area contributed by atoms with Gasteiger partial charge >= 0.3 is 0 Å². The van der Waals surface area contributed by atoms with Gasteiger partial charge in [0, 0.05) is 5.39 Å². The SMILES string of the molecule is Cc1ncc(NC(=O)c2n[nH]c3ccccc23)cn1. The minimum absolute atomic E-state index is 0.287. The number of benzene rings is 1. The van der Waals surface area contributed by atoms with Crippen LogP contribution in [0, 0.1) is 6.92 Å². The molecule has 0 atom stereocenters. The molecule has 19 heavy (non-hydrogen) atoms.